The Bertz CT molecular complexity index is 752. The van der Waals surface area contributed by atoms with Crippen LogP contribution < -0.4 is 10.2 Å². The standard InChI is InChI=1S/C20H22N2O2/c1-3-19(23)22-17-7-5-4-6-16(17)12-18(22)20(24)21-13-15-10-8-14(2)9-11-15/h4-11,18H,3,12-13H2,1-2H3,(H,21,24)/t18-/m1/s1. The fourth-order valence-corrected chi connectivity index (χ4v) is 3.09. The summed E-state index contributed by atoms with van der Waals surface area (Å²) in [5, 5.41) is 2.97. The Morgan fingerprint density at radius 2 is 1.83 bits per heavy atom. The van der Waals surface area contributed by atoms with E-state index < -0.39 is 6.04 Å². The molecular weight excluding hydrogens is 300 g/mol. The van der Waals surface area contributed by atoms with Gasteiger partial charge in [0.1, 0.15) is 6.04 Å². The fraction of sp³-hybridized carbons (Fsp3) is 0.300. The number of anilines is 1. The van der Waals surface area contributed by atoms with E-state index in [4.69, 9.17) is 0 Å². The van der Waals surface area contributed by atoms with Crippen molar-refractivity contribution in [2.75, 3.05) is 4.90 Å². The molecule has 0 aliphatic carbocycles. The summed E-state index contributed by atoms with van der Waals surface area (Å²) in [6, 6.07) is 15.4. The Morgan fingerprint density at radius 1 is 1.12 bits per heavy atom. The third-order valence-electron chi connectivity index (χ3n) is 4.44. The molecule has 2 aromatic carbocycles. The predicted molar refractivity (Wildman–Crippen MR) is 94.7 cm³/mol. The number of benzene rings is 2. The number of carbonyl (C=O) groups is 2. The maximum absolute atomic E-state index is 12.7. The molecular formula is C20H22N2O2. The second kappa shape index (κ2) is 6.87. The smallest absolute Gasteiger partial charge is 0.243 e. The highest BCUT2D eigenvalue weighted by atomic mass is 16.2. The highest BCUT2D eigenvalue weighted by Crippen LogP contribution is 2.32. The quantitative estimate of drug-likeness (QED) is 0.941. The first-order chi connectivity index (χ1) is 11.6. The van der Waals surface area contributed by atoms with Gasteiger partial charge in [-0.15, -0.1) is 0 Å². The van der Waals surface area contributed by atoms with E-state index >= 15 is 0 Å². The van der Waals surface area contributed by atoms with E-state index in [9.17, 15) is 9.59 Å². The van der Waals surface area contributed by atoms with Gasteiger partial charge in [-0.2, -0.15) is 0 Å². The third kappa shape index (κ3) is 3.18. The van der Waals surface area contributed by atoms with Crippen LogP contribution in [-0.2, 0) is 22.6 Å². The lowest BCUT2D eigenvalue weighted by Gasteiger charge is -2.24. The second-order valence-electron chi connectivity index (χ2n) is 6.17. The Labute approximate surface area is 142 Å². The van der Waals surface area contributed by atoms with Crippen molar-refractivity contribution in [2.45, 2.75) is 39.3 Å². The molecule has 0 saturated carbocycles. The molecule has 1 aliphatic rings. The second-order valence-corrected chi connectivity index (χ2v) is 6.17. The number of nitrogens with one attached hydrogen (secondary N) is 1. The van der Waals surface area contributed by atoms with Crippen LogP contribution in [0.15, 0.2) is 48.5 Å². The van der Waals surface area contributed by atoms with Gasteiger partial charge in [-0.1, -0.05) is 55.0 Å². The monoisotopic (exact) mass is 322 g/mol. The van der Waals surface area contributed by atoms with Gasteiger partial charge in [0, 0.05) is 25.1 Å². The molecule has 0 fully saturated rings. The van der Waals surface area contributed by atoms with Gasteiger partial charge in [-0.05, 0) is 24.1 Å². The number of para-hydroxylation sites is 1. The van der Waals surface area contributed by atoms with E-state index in [1.165, 1.54) is 5.56 Å². The molecule has 3 rings (SSSR count). The van der Waals surface area contributed by atoms with Crippen LogP contribution in [0.2, 0.25) is 0 Å². The van der Waals surface area contributed by atoms with E-state index in [2.05, 4.69) is 5.32 Å². The van der Waals surface area contributed by atoms with Gasteiger partial charge in [0.2, 0.25) is 11.8 Å². The first-order valence-electron chi connectivity index (χ1n) is 8.33. The van der Waals surface area contributed by atoms with Crippen molar-refractivity contribution in [2.24, 2.45) is 0 Å². The summed E-state index contributed by atoms with van der Waals surface area (Å²) in [6.07, 6.45) is 0.956. The van der Waals surface area contributed by atoms with Crippen LogP contribution in [0.5, 0.6) is 0 Å². The van der Waals surface area contributed by atoms with Crippen LogP contribution >= 0.6 is 0 Å². The van der Waals surface area contributed by atoms with Gasteiger partial charge in [0.25, 0.3) is 0 Å². The van der Waals surface area contributed by atoms with Crippen LogP contribution in [-0.4, -0.2) is 17.9 Å². The largest absolute Gasteiger partial charge is 0.350 e. The number of hydrogen-bond donors (Lipinski definition) is 1. The van der Waals surface area contributed by atoms with Crippen molar-refractivity contribution in [1.29, 1.82) is 0 Å². The van der Waals surface area contributed by atoms with Crippen molar-refractivity contribution in [3.63, 3.8) is 0 Å². The van der Waals surface area contributed by atoms with E-state index in [0.717, 1.165) is 16.8 Å². The van der Waals surface area contributed by atoms with Gasteiger partial charge >= 0.3 is 0 Å². The summed E-state index contributed by atoms with van der Waals surface area (Å²) in [5.74, 6) is -0.121. The van der Waals surface area contributed by atoms with Crippen molar-refractivity contribution < 1.29 is 9.59 Å². The lowest BCUT2D eigenvalue weighted by molar-refractivity contribution is -0.126. The van der Waals surface area contributed by atoms with Crippen LogP contribution in [0, 0.1) is 6.92 Å². The number of aryl methyl sites for hydroxylation is 1. The SMILES string of the molecule is CCC(=O)N1c2ccccc2C[C@@H]1C(=O)NCc1ccc(C)cc1. The average molecular weight is 322 g/mol. The highest BCUT2D eigenvalue weighted by Gasteiger charge is 2.37. The Kier molecular flexibility index (Phi) is 4.65. The molecule has 2 aromatic rings. The summed E-state index contributed by atoms with van der Waals surface area (Å²) < 4.78 is 0. The summed E-state index contributed by atoms with van der Waals surface area (Å²) in [6.45, 7) is 4.33. The first-order valence-corrected chi connectivity index (χ1v) is 8.33. The normalized spacial score (nSPS) is 15.9. The van der Waals surface area contributed by atoms with Gasteiger partial charge in [-0.25, -0.2) is 0 Å². The molecule has 0 aromatic heterocycles. The maximum Gasteiger partial charge on any atom is 0.243 e. The molecule has 4 heteroatoms. The van der Waals surface area contributed by atoms with E-state index in [-0.39, 0.29) is 11.8 Å². The van der Waals surface area contributed by atoms with Crippen LogP contribution in [0.4, 0.5) is 5.69 Å². The summed E-state index contributed by atoms with van der Waals surface area (Å²) in [7, 11) is 0. The minimum atomic E-state index is -0.458. The average Bonchev–Trinajstić information content (AvgIpc) is 3.00. The zero-order chi connectivity index (χ0) is 17.1. The Hall–Kier alpha value is -2.62. The Morgan fingerprint density at radius 3 is 2.54 bits per heavy atom. The lowest BCUT2D eigenvalue weighted by Crippen LogP contribution is -2.47. The summed E-state index contributed by atoms with van der Waals surface area (Å²) in [5.41, 5.74) is 4.16. The molecule has 0 bridgehead atoms. The van der Waals surface area contributed by atoms with E-state index in [1.54, 1.807) is 4.90 Å². The number of amides is 2. The van der Waals surface area contributed by atoms with Crippen LogP contribution in [0.25, 0.3) is 0 Å². The molecule has 0 radical (unpaired) electrons. The molecule has 4 nitrogen and oxygen atoms in total. The number of fused-ring (bicyclic) bond motifs is 1. The van der Waals surface area contributed by atoms with E-state index in [1.807, 2.05) is 62.4 Å². The van der Waals surface area contributed by atoms with Gasteiger partial charge < -0.3 is 5.32 Å². The summed E-state index contributed by atoms with van der Waals surface area (Å²) in [4.78, 5) is 26.7. The number of hydrogen-bond acceptors (Lipinski definition) is 2. The molecule has 0 saturated heterocycles. The predicted octanol–water partition coefficient (Wildman–Crippen LogP) is 2.98. The van der Waals surface area contributed by atoms with Crippen molar-refractivity contribution in [1.82, 2.24) is 5.32 Å². The highest BCUT2D eigenvalue weighted by molar-refractivity contribution is 6.03. The van der Waals surface area contributed by atoms with Gasteiger partial charge in [-0.3, -0.25) is 14.5 Å². The topological polar surface area (TPSA) is 49.4 Å². The minimum Gasteiger partial charge on any atom is -0.350 e. The Balaban J connectivity index is 1.74. The fourth-order valence-electron chi connectivity index (χ4n) is 3.09. The minimum absolute atomic E-state index is 0.0181. The van der Waals surface area contributed by atoms with Crippen molar-refractivity contribution >= 4 is 17.5 Å². The summed E-state index contributed by atoms with van der Waals surface area (Å²) >= 11 is 0. The number of carbonyl (C=O) groups excluding carboxylic acids is 2. The number of nitrogens with zero attached hydrogens (tertiary/aromatic N) is 1. The van der Waals surface area contributed by atoms with E-state index in [0.29, 0.717) is 19.4 Å². The van der Waals surface area contributed by atoms with Crippen LogP contribution in [0.3, 0.4) is 0 Å². The van der Waals surface area contributed by atoms with Gasteiger partial charge in [0.15, 0.2) is 0 Å². The third-order valence-corrected chi connectivity index (χ3v) is 4.44. The van der Waals surface area contributed by atoms with Crippen LogP contribution in [0.1, 0.15) is 30.0 Å². The maximum atomic E-state index is 12.7. The zero-order valence-electron chi connectivity index (χ0n) is 14.1. The first kappa shape index (κ1) is 16.2. The molecule has 1 aliphatic heterocycles. The van der Waals surface area contributed by atoms with Gasteiger partial charge in [0.05, 0.1) is 0 Å². The molecule has 124 valence electrons. The molecule has 0 spiro atoms. The molecule has 1 N–H and O–H groups in total. The molecule has 1 atom stereocenters. The number of rotatable bonds is 4. The van der Waals surface area contributed by atoms with Crippen molar-refractivity contribution in [3.8, 4) is 0 Å². The van der Waals surface area contributed by atoms with Crippen molar-refractivity contribution in [3.05, 3.63) is 65.2 Å². The molecule has 2 amide bonds. The molecule has 0 unspecified atom stereocenters. The zero-order valence-corrected chi connectivity index (χ0v) is 14.1. The molecule has 1 heterocycles. The lowest BCUT2D eigenvalue weighted by atomic mass is 10.1. The molecule has 24 heavy (non-hydrogen) atoms.